The van der Waals surface area contributed by atoms with Crippen molar-refractivity contribution < 1.29 is 0 Å². The predicted molar refractivity (Wildman–Crippen MR) is 54.1 cm³/mol. The molecule has 0 aromatic rings. The number of hydrogen-bond acceptors (Lipinski definition) is 3. The lowest BCUT2D eigenvalue weighted by atomic mass is 10.3. The lowest BCUT2D eigenvalue weighted by molar-refractivity contribution is 0.720. The molecule has 0 rings (SSSR count). The molecule has 0 fully saturated rings. The summed E-state index contributed by atoms with van der Waals surface area (Å²) in [6, 6.07) is 0.363. The third-order valence-electron chi connectivity index (χ3n) is 1.39. The van der Waals surface area contributed by atoms with Crippen LogP contribution in [0, 0.1) is 0 Å². The van der Waals surface area contributed by atoms with Gasteiger partial charge in [-0.25, -0.2) is 0 Å². The van der Waals surface area contributed by atoms with Crippen molar-refractivity contribution in [3.8, 4) is 0 Å². The Morgan fingerprint density at radius 3 is 2.73 bits per heavy atom. The molecule has 3 N–H and O–H groups in total. The molecule has 1 atom stereocenters. The largest absolute Gasteiger partial charge is 0.328 e. The number of nitrogens with two attached hydrogens (primary N) is 1. The van der Waals surface area contributed by atoms with Crippen molar-refractivity contribution in [3.05, 3.63) is 0 Å². The van der Waals surface area contributed by atoms with E-state index in [0.29, 0.717) is 6.04 Å². The number of hydrogen-bond donors (Lipinski definition) is 2. The van der Waals surface area contributed by atoms with E-state index in [-0.39, 0.29) is 0 Å². The second-order valence-electron chi connectivity index (χ2n) is 2.73. The molecule has 2 nitrogen and oxygen atoms in total. The highest BCUT2D eigenvalue weighted by atomic mass is 32.2. The fourth-order valence-electron chi connectivity index (χ4n) is 0.692. The quantitative estimate of drug-likeness (QED) is 0.570. The van der Waals surface area contributed by atoms with E-state index in [4.69, 9.17) is 5.73 Å². The highest BCUT2D eigenvalue weighted by Gasteiger charge is 1.93. The summed E-state index contributed by atoms with van der Waals surface area (Å²) < 4.78 is 0. The summed E-state index contributed by atoms with van der Waals surface area (Å²) in [6.45, 7) is 6.39. The van der Waals surface area contributed by atoms with Crippen LogP contribution in [0.15, 0.2) is 0 Å². The minimum atomic E-state index is 0.363. The maximum Gasteiger partial charge on any atom is 0.00581 e. The third-order valence-corrected chi connectivity index (χ3v) is 2.41. The maximum absolute atomic E-state index is 5.60. The molecule has 0 bridgehead atoms. The highest BCUT2D eigenvalue weighted by molar-refractivity contribution is 7.99. The molecule has 0 heterocycles. The molecule has 0 aromatic carbocycles. The molecular formula is C8H20N2S. The van der Waals surface area contributed by atoms with Crippen molar-refractivity contribution in [1.82, 2.24) is 5.32 Å². The molecule has 1 unspecified atom stereocenters. The van der Waals surface area contributed by atoms with Crippen LogP contribution in [0.2, 0.25) is 0 Å². The molecule has 68 valence electrons. The Labute approximate surface area is 74.3 Å². The Kier molecular flexibility index (Phi) is 8.57. The van der Waals surface area contributed by atoms with E-state index >= 15 is 0 Å². The third kappa shape index (κ3) is 10.3. The Morgan fingerprint density at radius 2 is 2.18 bits per heavy atom. The lowest BCUT2D eigenvalue weighted by Gasteiger charge is -2.04. The van der Waals surface area contributed by atoms with Crippen LogP contribution in [0.1, 0.15) is 20.3 Å². The van der Waals surface area contributed by atoms with Crippen LogP contribution in [0.5, 0.6) is 0 Å². The fraction of sp³-hybridized carbons (Fsp3) is 1.00. The van der Waals surface area contributed by atoms with E-state index in [1.165, 1.54) is 11.5 Å². The molecule has 0 radical (unpaired) electrons. The summed E-state index contributed by atoms with van der Waals surface area (Å²) in [4.78, 5) is 0. The zero-order valence-corrected chi connectivity index (χ0v) is 8.41. The molecule has 11 heavy (non-hydrogen) atoms. The van der Waals surface area contributed by atoms with Gasteiger partial charge in [0.05, 0.1) is 0 Å². The first-order valence-corrected chi connectivity index (χ1v) is 5.47. The minimum absolute atomic E-state index is 0.363. The molecule has 0 aromatic heterocycles. The smallest absolute Gasteiger partial charge is 0.00581 e. The van der Waals surface area contributed by atoms with Gasteiger partial charge in [0, 0.05) is 18.3 Å². The number of nitrogens with one attached hydrogen (secondary N) is 1. The Morgan fingerprint density at radius 1 is 1.45 bits per heavy atom. The molecule has 0 aliphatic carbocycles. The molecule has 0 saturated heterocycles. The van der Waals surface area contributed by atoms with Crippen molar-refractivity contribution in [2.45, 2.75) is 26.3 Å². The Bertz CT molecular complexity index is 76.5. The Balaban J connectivity index is 2.80. The van der Waals surface area contributed by atoms with E-state index in [2.05, 4.69) is 19.2 Å². The van der Waals surface area contributed by atoms with Crippen LogP contribution in [0.4, 0.5) is 0 Å². The van der Waals surface area contributed by atoms with Gasteiger partial charge in [0.2, 0.25) is 0 Å². The first-order valence-electron chi connectivity index (χ1n) is 4.31. The van der Waals surface area contributed by atoms with Gasteiger partial charge < -0.3 is 11.1 Å². The first-order chi connectivity index (χ1) is 5.27. The van der Waals surface area contributed by atoms with Gasteiger partial charge in [0.15, 0.2) is 0 Å². The van der Waals surface area contributed by atoms with Gasteiger partial charge in [0.25, 0.3) is 0 Å². The topological polar surface area (TPSA) is 38.0 Å². The number of rotatable bonds is 7. The van der Waals surface area contributed by atoms with E-state index in [1.54, 1.807) is 0 Å². The average molecular weight is 176 g/mol. The van der Waals surface area contributed by atoms with Gasteiger partial charge in [-0.2, -0.15) is 11.8 Å². The highest BCUT2D eigenvalue weighted by Crippen LogP contribution is 2.02. The summed E-state index contributed by atoms with van der Waals surface area (Å²) >= 11 is 1.98. The second kappa shape index (κ2) is 8.37. The summed E-state index contributed by atoms with van der Waals surface area (Å²) in [6.07, 6.45) is 1.14. The fourth-order valence-corrected chi connectivity index (χ4v) is 1.72. The van der Waals surface area contributed by atoms with Crippen molar-refractivity contribution in [2.24, 2.45) is 5.73 Å². The molecule has 0 spiro atoms. The summed E-state index contributed by atoms with van der Waals surface area (Å²) in [7, 11) is 0. The van der Waals surface area contributed by atoms with Gasteiger partial charge in [-0.3, -0.25) is 0 Å². The van der Waals surface area contributed by atoms with Gasteiger partial charge in [-0.1, -0.05) is 6.92 Å². The van der Waals surface area contributed by atoms with Crippen molar-refractivity contribution in [3.63, 3.8) is 0 Å². The van der Waals surface area contributed by atoms with Crippen LogP contribution >= 0.6 is 11.8 Å². The summed E-state index contributed by atoms with van der Waals surface area (Å²) in [5.41, 5.74) is 5.60. The van der Waals surface area contributed by atoms with E-state index in [0.717, 1.165) is 19.5 Å². The van der Waals surface area contributed by atoms with E-state index in [1.807, 2.05) is 11.8 Å². The second-order valence-corrected chi connectivity index (χ2v) is 3.96. The average Bonchev–Trinajstić information content (AvgIpc) is 1.96. The standard InChI is InChI=1S/C8H20N2S/c1-3-10-5-7-11-6-4-8(2)9/h8,10H,3-7,9H2,1-2H3. The van der Waals surface area contributed by atoms with E-state index in [9.17, 15) is 0 Å². The van der Waals surface area contributed by atoms with Gasteiger partial charge in [-0.05, 0) is 25.6 Å². The number of thioether (sulfide) groups is 1. The van der Waals surface area contributed by atoms with Crippen LogP contribution < -0.4 is 11.1 Å². The minimum Gasteiger partial charge on any atom is -0.328 e. The van der Waals surface area contributed by atoms with Crippen LogP contribution in [0.3, 0.4) is 0 Å². The predicted octanol–water partition coefficient (Wildman–Crippen LogP) is 1.07. The molecule has 0 aliphatic heterocycles. The lowest BCUT2D eigenvalue weighted by Crippen LogP contribution is -2.18. The first kappa shape index (κ1) is 11.3. The zero-order chi connectivity index (χ0) is 8.53. The Hall–Kier alpha value is 0.270. The van der Waals surface area contributed by atoms with Crippen LogP contribution in [0.25, 0.3) is 0 Å². The molecular weight excluding hydrogens is 156 g/mol. The van der Waals surface area contributed by atoms with Crippen molar-refractivity contribution >= 4 is 11.8 Å². The molecule has 0 aliphatic rings. The van der Waals surface area contributed by atoms with E-state index < -0.39 is 0 Å². The van der Waals surface area contributed by atoms with Crippen LogP contribution in [-0.4, -0.2) is 30.6 Å². The normalized spacial score (nSPS) is 13.4. The maximum atomic E-state index is 5.60. The van der Waals surface area contributed by atoms with Gasteiger partial charge in [-0.15, -0.1) is 0 Å². The molecule has 0 amide bonds. The molecule has 3 heteroatoms. The van der Waals surface area contributed by atoms with Crippen molar-refractivity contribution in [1.29, 1.82) is 0 Å². The zero-order valence-electron chi connectivity index (χ0n) is 7.60. The van der Waals surface area contributed by atoms with Crippen LogP contribution in [-0.2, 0) is 0 Å². The SMILES string of the molecule is CCNCCSCCC(C)N. The monoisotopic (exact) mass is 176 g/mol. The summed E-state index contributed by atoms with van der Waals surface area (Å²) in [5.74, 6) is 2.41. The summed E-state index contributed by atoms with van der Waals surface area (Å²) in [5, 5.41) is 3.28. The molecule has 0 saturated carbocycles. The van der Waals surface area contributed by atoms with Gasteiger partial charge >= 0.3 is 0 Å². The van der Waals surface area contributed by atoms with Gasteiger partial charge in [0.1, 0.15) is 0 Å². The van der Waals surface area contributed by atoms with Crippen molar-refractivity contribution in [2.75, 3.05) is 24.6 Å².